The van der Waals surface area contributed by atoms with E-state index in [2.05, 4.69) is 238 Å². The minimum atomic E-state index is 1.07. The highest BCUT2D eigenvalue weighted by Crippen LogP contribution is 2.45. The van der Waals surface area contributed by atoms with Crippen LogP contribution in [0.4, 0.5) is 17.1 Å². The number of rotatable bonds is 7. The highest BCUT2D eigenvalue weighted by Gasteiger charge is 2.23. The fourth-order valence-corrected chi connectivity index (χ4v) is 8.82. The molecule has 2 aromatic heterocycles. The Morgan fingerprint density at radius 1 is 0.316 bits per heavy atom. The van der Waals surface area contributed by atoms with Crippen molar-refractivity contribution in [2.24, 2.45) is 0 Å². The average Bonchev–Trinajstić information content (AvgIpc) is 3.80. The van der Waals surface area contributed by atoms with Crippen LogP contribution in [0.2, 0.25) is 0 Å². The van der Waals surface area contributed by atoms with Gasteiger partial charge in [0.1, 0.15) is 0 Å². The van der Waals surface area contributed by atoms with E-state index >= 15 is 0 Å². The molecule has 2 heterocycles. The molecule has 0 saturated carbocycles. The lowest BCUT2D eigenvalue weighted by molar-refractivity contribution is 1.15. The molecule has 0 amide bonds. The Hall–Kier alpha value is -7.62. The van der Waals surface area contributed by atoms with Crippen molar-refractivity contribution in [3.8, 4) is 33.6 Å². The summed E-state index contributed by atoms with van der Waals surface area (Å²) in [4.78, 5) is 2.44. The molecule has 3 nitrogen and oxygen atoms in total. The van der Waals surface area contributed by atoms with E-state index in [9.17, 15) is 0 Å². The van der Waals surface area contributed by atoms with Crippen LogP contribution in [0.5, 0.6) is 0 Å². The van der Waals surface area contributed by atoms with Gasteiger partial charge in [0.25, 0.3) is 0 Å². The Morgan fingerprint density at radius 3 is 1.61 bits per heavy atom. The minimum absolute atomic E-state index is 1.07. The first-order chi connectivity index (χ1) is 28.3. The van der Waals surface area contributed by atoms with Crippen LogP contribution in [0.25, 0.3) is 77.2 Å². The zero-order valence-electron chi connectivity index (χ0n) is 31.2. The fraction of sp³-hybridized carbons (Fsp3) is 0. The van der Waals surface area contributed by atoms with Gasteiger partial charge >= 0.3 is 0 Å². The van der Waals surface area contributed by atoms with Gasteiger partial charge in [-0.15, -0.1) is 0 Å². The number of nitrogens with zero attached hydrogens (tertiary/aromatic N) is 3. The number of fused-ring (bicyclic) bond motifs is 6. The van der Waals surface area contributed by atoms with Crippen LogP contribution in [0.1, 0.15) is 0 Å². The molecule has 3 heteroatoms. The summed E-state index contributed by atoms with van der Waals surface area (Å²) in [6.45, 7) is 0. The largest absolute Gasteiger partial charge is 0.309 e. The third-order valence-electron chi connectivity index (χ3n) is 11.3. The van der Waals surface area contributed by atoms with Crippen LogP contribution in [0, 0.1) is 0 Å². The zero-order valence-corrected chi connectivity index (χ0v) is 31.2. The van der Waals surface area contributed by atoms with Crippen LogP contribution in [0.3, 0.4) is 0 Å². The van der Waals surface area contributed by atoms with Gasteiger partial charge in [-0.1, -0.05) is 158 Å². The fourth-order valence-electron chi connectivity index (χ4n) is 8.82. The Kier molecular flexibility index (Phi) is 7.82. The summed E-state index contributed by atoms with van der Waals surface area (Å²) in [5, 5.41) is 4.94. The SMILES string of the molecule is c1ccc(-c2cccc(N(c3ccc4c5c(-c6ccccc6)cccc5n(-c5ccccc5)c4c3)c3ccccc3-n3c4ccccc4c4ccccc43)c2)cc1. The van der Waals surface area contributed by atoms with E-state index in [0.29, 0.717) is 0 Å². The monoisotopic (exact) mass is 727 g/mol. The van der Waals surface area contributed by atoms with E-state index in [1.165, 1.54) is 60.3 Å². The van der Waals surface area contributed by atoms with Gasteiger partial charge in [-0.25, -0.2) is 0 Å². The molecule has 11 rings (SSSR count). The van der Waals surface area contributed by atoms with Crippen molar-refractivity contribution < 1.29 is 0 Å². The highest BCUT2D eigenvalue weighted by molar-refractivity contribution is 6.16. The van der Waals surface area contributed by atoms with Crippen molar-refractivity contribution in [2.45, 2.75) is 0 Å². The van der Waals surface area contributed by atoms with Crippen LogP contribution < -0.4 is 4.90 Å². The lowest BCUT2D eigenvalue weighted by atomic mass is 9.99. The minimum Gasteiger partial charge on any atom is -0.309 e. The Bertz CT molecular complexity index is 3180. The molecule has 0 aliphatic rings. The van der Waals surface area contributed by atoms with Gasteiger partial charge in [-0.2, -0.15) is 0 Å². The normalized spacial score (nSPS) is 11.5. The third kappa shape index (κ3) is 5.43. The molecule has 0 unspecified atom stereocenters. The van der Waals surface area contributed by atoms with Gasteiger partial charge in [0, 0.05) is 38.6 Å². The smallest absolute Gasteiger partial charge is 0.0702 e. The second kappa shape index (κ2) is 13.6. The molecule has 0 bridgehead atoms. The van der Waals surface area contributed by atoms with Gasteiger partial charge < -0.3 is 14.0 Å². The van der Waals surface area contributed by atoms with Crippen molar-refractivity contribution in [3.63, 3.8) is 0 Å². The molecule has 0 N–H and O–H groups in total. The molecule has 268 valence electrons. The number of benzene rings is 9. The van der Waals surface area contributed by atoms with Gasteiger partial charge in [0.05, 0.1) is 33.4 Å². The van der Waals surface area contributed by atoms with E-state index in [4.69, 9.17) is 0 Å². The van der Waals surface area contributed by atoms with E-state index < -0.39 is 0 Å². The number of anilines is 3. The molecular weight excluding hydrogens is 691 g/mol. The molecule has 9 aromatic carbocycles. The van der Waals surface area contributed by atoms with Crippen LogP contribution in [-0.2, 0) is 0 Å². The third-order valence-corrected chi connectivity index (χ3v) is 11.3. The molecule has 0 saturated heterocycles. The van der Waals surface area contributed by atoms with Crippen molar-refractivity contribution in [3.05, 3.63) is 224 Å². The van der Waals surface area contributed by atoms with E-state index in [0.717, 1.165) is 34.0 Å². The van der Waals surface area contributed by atoms with Crippen molar-refractivity contribution in [2.75, 3.05) is 4.90 Å². The standard InChI is InChI=1S/C54H37N3/c1-4-18-38(19-5-1)40-22-16-25-42(36-40)55(50-31-14-15-32-51(50)57-48-29-12-10-26-45(48)46-27-11-13-30-49(46)57)43-34-35-47-53(37-43)56(41-23-8-3-9-24-41)52-33-17-28-44(54(47)52)39-20-6-2-7-21-39/h1-37H. The van der Waals surface area contributed by atoms with Crippen LogP contribution >= 0.6 is 0 Å². The number of aromatic nitrogens is 2. The topological polar surface area (TPSA) is 13.1 Å². The first kappa shape index (κ1) is 32.8. The van der Waals surface area contributed by atoms with Crippen molar-refractivity contribution in [1.29, 1.82) is 0 Å². The second-order valence-electron chi connectivity index (χ2n) is 14.5. The Morgan fingerprint density at radius 2 is 0.877 bits per heavy atom. The Labute approximate surface area is 331 Å². The first-order valence-corrected chi connectivity index (χ1v) is 19.5. The maximum Gasteiger partial charge on any atom is 0.0702 e. The van der Waals surface area contributed by atoms with Crippen LogP contribution in [0.15, 0.2) is 224 Å². The molecule has 0 aliphatic carbocycles. The van der Waals surface area contributed by atoms with E-state index in [-0.39, 0.29) is 0 Å². The van der Waals surface area contributed by atoms with E-state index in [1.54, 1.807) is 0 Å². The summed E-state index contributed by atoms with van der Waals surface area (Å²) in [5.41, 5.74) is 14.9. The van der Waals surface area contributed by atoms with Crippen LogP contribution in [-0.4, -0.2) is 9.13 Å². The predicted molar refractivity (Wildman–Crippen MR) is 241 cm³/mol. The molecular formula is C54H37N3. The summed E-state index contributed by atoms with van der Waals surface area (Å²) >= 11 is 0. The molecule has 0 radical (unpaired) electrons. The zero-order chi connectivity index (χ0) is 37.7. The molecule has 0 spiro atoms. The number of para-hydroxylation sites is 5. The predicted octanol–water partition coefficient (Wildman–Crippen LogP) is 14.7. The summed E-state index contributed by atoms with van der Waals surface area (Å²) in [5.74, 6) is 0. The molecule has 11 aromatic rings. The summed E-state index contributed by atoms with van der Waals surface area (Å²) < 4.78 is 4.86. The second-order valence-corrected chi connectivity index (χ2v) is 14.5. The lowest BCUT2D eigenvalue weighted by Crippen LogP contribution is -2.13. The first-order valence-electron chi connectivity index (χ1n) is 19.5. The van der Waals surface area contributed by atoms with Gasteiger partial charge in [0.15, 0.2) is 0 Å². The van der Waals surface area contributed by atoms with Gasteiger partial charge in [0.2, 0.25) is 0 Å². The maximum absolute atomic E-state index is 2.44. The lowest BCUT2D eigenvalue weighted by Gasteiger charge is -2.29. The maximum atomic E-state index is 2.44. The quantitative estimate of drug-likeness (QED) is 0.159. The highest BCUT2D eigenvalue weighted by atomic mass is 15.2. The van der Waals surface area contributed by atoms with Crippen molar-refractivity contribution in [1.82, 2.24) is 9.13 Å². The van der Waals surface area contributed by atoms with Gasteiger partial charge in [-0.3, -0.25) is 0 Å². The molecule has 0 aliphatic heterocycles. The number of hydrogen-bond donors (Lipinski definition) is 0. The Balaban J connectivity index is 1.22. The van der Waals surface area contributed by atoms with E-state index in [1.807, 2.05) is 0 Å². The average molecular weight is 728 g/mol. The number of hydrogen-bond acceptors (Lipinski definition) is 1. The summed E-state index contributed by atoms with van der Waals surface area (Å²) in [6.07, 6.45) is 0. The van der Waals surface area contributed by atoms with Crippen molar-refractivity contribution >= 4 is 60.7 Å². The van der Waals surface area contributed by atoms with Gasteiger partial charge in [-0.05, 0) is 89.0 Å². The summed E-state index contributed by atoms with van der Waals surface area (Å²) in [6, 6.07) is 81.2. The molecule has 0 fully saturated rings. The molecule has 57 heavy (non-hydrogen) atoms. The molecule has 0 atom stereocenters. The summed E-state index contributed by atoms with van der Waals surface area (Å²) in [7, 11) is 0.